The molecule has 98 valence electrons. The average Bonchev–Trinajstić information content (AvgIpc) is 2.37. The van der Waals surface area contributed by atoms with E-state index in [2.05, 4.69) is 0 Å². The normalized spacial score (nSPS) is 9.67. The molecule has 0 aliphatic carbocycles. The van der Waals surface area contributed by atoms with Gasteiger partial charge in [0.25, 0.3) is 0 Å². The van der Waals surface area contributed by atoms with Crippen LogP contribution in [0.25, 0.3) is 0 Å². The van der Waals surface area contributed by atoms with Gasteiger partial charge in [-0.25, -0.2) is 4.79 Å². The highest BCUT2D eigenvalue weighted by Gasteiger charge is 2.08. The van der Waals surface area contributed by atoms with Gasteiger partial charge >= 0.3 is 5.97 Å². The van der Waals surface area contributed by atoms with Gasteiger partial charge in [0.05, 0.1) is 13.7 Å². The van der Waals surface area contributed by atoms with E-state index in [-0.39, 0.29) is 6.61 Å². The third-order valence-electron chi connectivity index (χ3n) is 2.20. The van der Waals surface area contributed by atoms with Gasteiger partial charge in [-0.15, -0.1) is 0 Å². The molecule has 0 bridgehead atoms. The summed E-state index contributed by atoms with van der Waals surface area (Å²) < 4.78 is 15.2. The van der Waals surface area contributed by atoms with Gasteiger partial charge in [-0.05, 0) is 24.6 Å². The Morgan fingerprint density at radius 3 is 2.72 bits per heavy atom. The number of ether oxygens (including phenoxy) is 3. The lowest BCUT2D eigenvalue weighted by molar-refractivity contribution is -0.145. The van der Waals surface area contributed by atoms with Gasteiger partial charge in [-0.1, -0.05) is 6.07 Å². The largest absolute Gasteiger partial charge is 0.493 e. The number of aldehydes is 1. The maximum atomic E-state index is 11.2. The lowest BCUT2D eigenvalue weighted by Gasteiger charge is -2.11. The molecule has 1 aromatic carbocycles. The lowest BCUT2D eigenvalue weighted by Crippen LogP contribution is -2.14. The molecule has 0 aliphatic heterocycles. The Hall–Kier alpha value is -2.04. The van der Waals surface area contributed by atoms with E-state index in [0.717, 1.165) is 11.8 Å². The third-order valence-corrected chi connectivity index (χ3v) is 2.20. The number of methoxy groups -OCH3 is 1. The smallest absolute Gasteiger partial charge is 0.344 e. The van der Waals surface area contributed by atoms with Gasteiger partial charge < -0.3 is 19.0 Å². The minimum absolute atomic E-state index is 0.169. The standard InChI is InChI=1S/C13H16O5/c1-3-17-13(15)9-18-11-5-4-10(6-7-14)8-12(11)16-2/h4-5,7-8H,3,6,9H2,1-2H3. The van der Waals surface area contributed by atoms with E-state index < -0.39 is 5.97 Å². The second-order valence-electron chi connectivity index (χ2n) is 3.45. The van der Waals surface area contributed by atoms with Gasteiger partial charge in [0.15, 0.2) is 18.1 Å². The number of carbonyl (C=O) groups is 2. The Morgan fingerprint density at radius 1 is 1.33 bits per heavy atom. The minimum Gasteiger partial charge on any atom is -0.493 e. The summed E-state index contributed by atoms with van der Waals surface area (Å²) in [6, 6.07) is 5.11. The van der Waals surface area contributed by atoms with Gasteiger partial charge in [0.1, 0.15) is 6.29 Å². The van der Waals surface area contributed by atoms with E-state index in [1.54, 1.807) is 25.1 Å². The van der Waals surface area contributed by atoms with E-state index in [9.17, 15) is 9.59 Å². The van der Waals surface area contributed by atoms with Gasteiger partial charge in [-0.3, -0.25) is 0 Å². The number of hydrogen-bond donors (Lipinski definition) is 0. The Kier molecular flexibility index (Phi) is 5.70. The summed E-state index contributed by atoms with van der Waals surface area (Å²) >= 11 is 0. The van der Waals surface area contributed by atoms with Gasteiger partial charge in [0, 0.05) is 6.42 Å². The second kappa shape index (κ2) is 7.32. The zero-order chi connectivity index (χ0) is 13.4. The molecule has 0 atom stereocenters. The van der Waals surface area contributed by atoms with Crippen molar-refractivity contribution in [3.63, 3.8) is 0 Å². The summed E-state index contributed by atoms with van der Waals surface area (Å²) in [5.74, 6) is 0.496. The monoisotopic (exact) mass is 252 g/mol. The molecule has 0 spiro atoms. The van der Waals surface area contributed by atoms with Gasteiger partial charge in [0.2, 0.25) is 0 Å². The van der Waals surface area contributed by atoms with Crippen LogP contribution in [-0.4, -0.2) is 32.6 Å². The van der Waals surface area contributed by atoms with Crippen LogP contribution in [0.3, 0.4) is 0 Å². The molecule has 1 rings (SSSR count). The molecule has 5 heteroatoms. The zero-order valence-electron chi connectivity index (χ0n) is 10.5. The van der Waals surface area contributed by atoms with Crippen molar-refractivity contribution in [2.75, 3.05) is 20.3 Å². The topological polar surface area (TPSA) is 61.8 Å². The summed E-state index contributed by atoms with van der Waals surface area (Å²) in [6.45, 7) is 1.88. The van der Waals surface area contributed by atoms with E-state index in [1.165, 1.54) is 7.11 Å². The van der Waals surface area contributed by atoms with Crippen molar-refractivity contribution in [2.24, 2.45) is 0 Å². The first-order valence-corrected chi connectivity index (χ1v) is 5.60. The summed E-state index contributed by atoms with van der Waals surface area (Å²) in [7, 11) is 1.50. The summed E-state index contributed by atoms with van der Waals surface area (Å²) in [4.78, 5) is 21.6. The van der Waals surface area contributed by atoms with Crippen LogP contribution in [0, 0.1) is 0 Å². The van der Waals surface area contributed by atoms with Crippen LogP contribution in [-0.2, 0) is 20.7 Å². The van der Waals surface area contributed by atoms with Crippen molar-refractivity contribution in [2.45, 2.75) is 13.3 Å². The predicted octanol–water partition coefficient (Wildman–Crippen LogP) is 1.38. The Balaban J connectivity index is 2.70. The highest BCUT2D eigenvalue weighted by molar-refractivity contribution is 5.71. The van der Waals surface area contributed by atoms with Crippen molar-refractivity contribution in [1.29, 1.82) is 0 Å². The molecule has 0 heterocycles. The molecule has 1 aromatic rings. The van der Waals surface area contributed by atoms with Crippen LogP contribution in [0.5, 0.6) is 11.5 Å². The highest BCUT2D eigenvalue weighted by atomic mass is 16.6. The van der Waals surface area contributed by atoms with Crippen LogP contribution in [0.1, 0.15) is 12.5 Å². The predicted molar refractivity (Wildman–Crippen MR) is 64.9 cm³/mol. The average molecular weight is 252 g/mol. The van der Waals surface area contributed by atoms with Crippen molar-refractivity contribution < 1.29 is 23.8 Å². The quantitative estimate of drug-likeness (QED) is 0.542. The van der Waals surface area contributed by atoms with Crippen LogP contribution in [0.15, 0.2) is 18.2 Å². The molecule has 0 saturated heterocycles. The van der Waals surface area contributed by atoms with Crippen molar-refractivity contribution in [3.05, 3.63) is 23.8 Å². The number of rotatable bonds is 7. The van der Waals surface area contributed by atoms with E-state index >= 15 is 0 Å². The molecule has 0 unspecified atom stereocenters. The van der Waals surface area contributed by atoms with Gasteiger partial charge in [-0.2, -0.15) is 0 Å². The third kappa shape index (κ3) is 4.08. The molecule has 0 radical (unpaired) electrons. The molecule has 0 aromatic heterocycles. The molecular formula is C13H16O5. The minimum atomic E-state index is -0.434. The Morgan fingerprint density at radius 2 is 2.11 bits per heavy atom. The van der Waals surface area contributed by atoms with E-state index in [4.69, 9.17) is 14.2 Å². The second-order valence-corrected chi connectivity index (χ2v) is 3.45. The maximum absolute atomic E-state index is 11.2. The van der Waals surface area contributed by atoms with Crippen LogP contribution >= 0.6 is 0 Å². The van der Waals surface area contributed by atoms with E-state index in [0.29, 0.717) is 24.5 Å². The molecule has 0 saturated carbocycles. The fraction of sp³-hybridized carbons (Fsp3) is 0.385. The summed E-state index contributed by atoms with van der Waals surface area (Å²) in [5.41, 5.74) is 0.824. The van der Waals surface area contributed by atoms with E-state index in [1.807, 2.05) is 0 Å². The van der Waals surface area contributed by atoms with Crippen LogP contribution in [0.2, 0.25) is 0 Å². The van der Waals surface area contributed by atoms with Crippen LogP contribution < -0.4 is 9.47 Å². The highest BCUT2D eigenvalue weighted by Crippen LogP contribution is 2.28. The number of benzene rings is 1. The Bertz CT molecular complexity index is 414. The fourth-order valence-corrected chi connectivity index (χ4v) is 1.39. The number of esters is 1. The molecule has 0 aliphatic rings. The van der Waals surface area contributed by atoms with Crippen LogP contribution in [0.4, 0.5) is 0 Å². The fourth-order valence-electron chi connectivity index (χ4n) is 1.39. The van der Waals surface area contributed by atoms with Crippen molar-refractivity contribution in [3.8, 4) is 11.5 Å². The number of carbonyl (C=O) groups excluding carboxylic acids is 2. The molecule has 0 N–H and O–H groups in total. The molecule has 5 nitrogen and oxygen atoms in total. The number of hydrogen-bond acceptors (Lipinski definition) is 5. The zero-order valence-corrected chi connectivity index (χ0v) is 10.5. The molecule has 0 fully saturated rings. The first-order chi connectivity index (χ1) is 8.71. The molecule has 18 heavy (non-hydrogen) atoms. The van der Waals surface area contributed by atoms with Crippen molar-refractivity contribution in [1.82, 2.24) is 0 Å². The maximum Gasteiger partial charge on any atom is 0.344 e. The Labute approximate surface area is 106 Å². The first-order valence-electron chi connectivity index (χ1n) is 5.60. The first kappa shape index (κ1) is 14.0. The SMILES string of the molecule is CCOC(=O)COc1ccc(CC=O)cc1OC. The van der Waals surface area contributed by atoms with Crippen molar-refractivity contribution >= 4 is 12.3 Å². The molecule has 0 amide bonds. The summed E-state index contributed by atoms with van der Waals surface area (Å²) in [5, 5.41) is 0. The lowest BCUT2D eigenvalue weighted by atomic mass is 10.1. The summed E-state index contributed by atoms with van der Waals surface area (Å²) in [6.07, 6.45) is 1.13. The molecular weight excluding hydrogens is 236 g/mol.